The zero-order valence-corrected chi connectivity index (χ0v) is 18.7. The third-order valence-corrected chi connectivity index (χ3v) is 7.24. The van der Waals surface area contributed by atoms with E-state index < -0.39 is 0 Å². The van der Waals surface area contributed by atoms with Crippen LogP contribution in [0.4, 0.5) is 5.69 Å². The number of likely N-dealkylation sites (tertiary alicyclic amines) is 1. The summed E-state index contributed by atoms with van der Waals surface area (Å²) in [5.41, 5.74) is 1.01. The minimum Gasteiger partial charge on any atom is -0.494 e. The molecule has 2 atom stereocenters. The molecule has 1 aromatic rings. The Hall–Kier alpha value is -1.59. The topological polar surface area (TPSA) is 44.8 Å². The molecule has 2 aliphatic heterocycles. The van der Waals surface area contributed by atoms with Gasteiger partial charge >= 0.3 is 0 Å². The zero-order valence-electron chi connectivity index (χ0n) is 18.7. The van der Waals surface area contributed by atoms with E-state index >= 15 is 0 Å². The summed E-state index contributed by atoms with van der Waals surface area (Å²) in [4.78, 5) is 17.1. The fourth-order valence-electron chi connectivity index (χ4n) is 5.39. The van der Waals surface area contributed by atoms with Crippen LogP contribution >= 0.6 is 0 Å². The van der Waals surface area contributed by atoms with Gasteiger partial charge < -0.3 is 19.9 Å². The lowest BCUT2D eigenvalue weighted by atomic mass is 9.95. The summed E-state index contributed by atoms with van der Waals surface area (Å²) in [7, 11) is 0. The highest BCUT2D eigenvalue weighted by Gasteiger charge is 2.32. The van der Waals surface area contributed by atoms with E-state index in [1.807, 2.05) is 17.0 Å². The molecule has 1 N–H and O–H groups in total. The average Bonchev–Trinajstić information content (AvgIpc) is 3.36. The van der Waals surface area contributed by atoms with Gasteiger partial charge in [-0.1, -0.05) is 19.3 Å². The van der Waals surface area contributed by atoms with Gasteiger partial charge in [0.25, 0.3) is 0 Å². The predicted octanol–water partition coefficient (Wildman–Crippen LogP) is 4.36. The van der Waals surface area contributed by atoms with Gasteiger partial charge in [-0.2, -0.15) is 0 Å². The van der Waals surface area contributed by atoms with Crippen LogP contribution in [0.2, 0.25) is 0 Å². The summed E-state index contributed by atoms with van der Waals surface area (Å²) in [6.07, 6.45) is 11.9. The number of rotatable bonds is 9. The van der Waals surface area contributed by atoms with Gasteiger partial charge in [-0.15, -0.1) is 0 Å². The summed E-state index contributed by atoms with van der Waals surface area (Å²) in [6.45, 7) is 6.33. The number of anilines is 1. The predicted molar refractivity (Wildman–Crippen MR) is 122 cm³/mol. The molecule has 5 heteroatoms. The lowest BCUT2D eigenvalue weighted by molar-refractivity contribution is -0.117. The Morgan fingerprint density at radius 1 is 1.03 bits per heavy atom. The smallest absolute Gasteiger partial charge is 0.227 e. The lowest BCUT2D eigenvalue weighted by Gasteiger charge is -2.29. The summed E-state index contributed by atoms with van der Waals surface area (Å²) < 4.78 is 5.96. The number of carbonyl (C=O) groups is 1. The van der Waals surface area contributed by atoms with Crippen LogP contribution in [0.1, 0.15) is 71.1 Å². The van der Waals surface area contributed by atoms with Gasteiger partial charge in [0.1, 0.15) is 5.75 Å². The van der Waals surface area contributed by atoms with Crippen molar-refractivity contribution in [3.8, 4) is 5.75 Å². The van der Waals surface area contributed by atoms with Crippen molar-refractivity contribution in [2.75, 3.05) is 31.1 Å². The molecule has 2 heterocycles. The maximum atomic E-state index is 12.5. The fourth-order valence-corrected chi connectivity index (χ4v) is 5.39. The van der Waals surface area contributed by atoms with Crippen molar-refractivity contribution >= 4 is 11.6 Å². The molecule has 0 aromatic heterocycles. The molecule has 3 fully saturated rings. The molecule has 1 unspecified atom stereocenters. The molecule has 30 heavy (non-hydrogen) atoms. The largest absolute Gasteiger partial charge is 0.494 e. The molecule has 4 rings (SSSR count). The highest BCUT2D eigenvalue weighted by Crippen LogP contribution is 2.29. The minimum atomic E-state index is 0.249. The van der Waals surface area contributed by atoms with Gasteiger partial charge in [0.05, 0.1) is 6.61 Å². The van der Waals surface area contributed by atoms with Crippen molar-refractivity contribution in [1.82, 2.24) is 10.2 Å². The average molecular weight is 414 g/mol. The monoisotopic (exact) mass is 413 g/mol. The van der Waals surface area contributed by atoms with Crippen LogP contribution in [0.3, 0.4) is 0 Å². The number of ether oxygens (including phenoxy) is 1. The van der Waals surface area contributed by atoms with Crippen LogP contribution in [0.25, 0.3) is 0 Å². The first-order chi connectivity index (χ1) is 14.7. The number of benzene rings is 1. The van der Waals surface area contributed by atoms with E-state index in [2.05, 4.69) is 29.3 Å². The Morgan fingerprint density at radius 3 is 2.57 bits per heavy atom. The molecule has 5 nitrogen and oxygen atoms in total. The number of hydrogen-bond acceptors (Lipinski definition) is 4. The molecule has 1 aliphatic carbocycles. The number of nitrogens with zero attached hydrogens (tertiary/aromatic N) is 2. The standard InChI is InChI=1S/C25H39N3O2/c1-20-7-5-16-27(20)17-6-18-30-24-13-10-22(11-14-24)28-23(12-15-25(28)29)19-26-21-8-3-2-4-9-21/h10-11,13-14,20-21,23,26H,2-9,12,15-19H2,1H3/t20?,23-/m0/s1. The SMILES string of the molecule is CC1CCCN1CCCOc1ccc(N2C(=O)CC[C@H]2CNC2CCCCC2)cc1. The number of hydrogen-bond donors (Lipinski definition) is 1. The second kappa shape index (κ2) is 10.6. The van der Waals surface area contributed by atoms with Crippen LogP contribution < -0.4 is 15.0 Å². The van der Waals surface area contributed by atoms with Crippen molar-refractivity contribution in [3.05, 3.63) is 24.3 Å². The van der Waals surface area contributed by atoms with E-state index in [0.717, 1.165) is 50.0 Å². The summed E-state index contributed by atoms with van der Waals surface area (Å²) >= 11 is 0. The van der Waals surface area contributed by atoms with Gasteiger partial charge in [-0.05, 0) is 76.3 Å². The van der Waals surface area contributed by atoms with Crippen molar-refractivity contribution in [3.63, 3.8) is 0 Å². The molecule has 1 aromatic carbocycles. The van der Waals surface area contributed by atoms with Crippen molar-refractivity contribution < 1.29 is 9.53 Å². The first-order valence-electron chi connectivity index (χ1n) is 12.2. The second-order valence-electron chi connectivity index (χ2n) is 9.42. The highest BCUT2D eigenvalue weighted by atomic mass is 16.5. The number of carbonyl (C=O) groups excluding carboxylic acids is 1. The van der Waals surface area contributed by atoms with Gasteiger partial charge in [-0.3, -0.25) is 4.79 Å². The molecule has 3 aliphatic rings. The Kier molecular flexibility index (Phi) is 7.67. The van der Waals surface area contributed by atoms with E-state index in [4.69, 9.17) is 4.74 Å². The Morgan fingerprint density at radius 2 is 1.83 bits per heavy atom. The maximum Gasteiger partial charge on any atom is 0.227 e. The van der Waals surface area contributed by atoms with E-state index in [0.29, 0.717) is 12.5 Å². The van der Waals surface area contributed by atoms with Crippen LogP contribution in [0.15, 0.2) is 24.3 Å². The van der Waals surface area contributed by atoms with E-state index in [1.165, 1.54) is 51.5 Å². The molecule has 1 amide bonds. The first-order valence-corrected chi connectivity index (χ1v) is 12.2. The third-order valence-electron chi connectivity index (χ3n) is 7.24. The molecule has 166 valence electrons. The molecule has 0 radical (unpaired) electrons. The summed E-state index contributed by atoms with van der Waals surface area (Å²) in [6, 6.07) is 9.77. The van der Waals surface area contributed by atoms with Crippen LogP contribution in [-0.2, 0) is 4.79 Å². The quantitative estimate of drug-likeness (QED) is 0.611. The summed E-state index contributed by atoms with van der Waals surface area (Å²) in [5, 5.41) is 3.73. The van der Waals surface area contributed by atoms with Crippen LogP contribution in [-0.4, -0.2) is 55.2 Å². The Labute approximate surface area is 182 Å². The van der Waals surface area contributed by atoms with E-state index in [-0.39, 0.29) is 11.9 Å². The van der Waals surface area contributed by atoms with E-state index in [9.17, 15) is 4.79 Å². The van der Waals surface area contributed by atoms with Crippen molar-refractivity contribution in [1.29, 1.82) is 0 Å². The Bertz CT molecular complexity index is 671. The Balaban J connectivity index is 1.24. The van der Waals surface area contributed by atoms with E-state index in [1.54, 1.807) is 0 Å². The fraction of sp³-hybridized carbons (Fsp3) is 0.720. The van der Waals surface area contributed by atoms with Gasteiger partial charge in [0.15, 0.2) is 0 Å². The van der Waals surface area contributed by atoms with Gasteiger partial charge in [-0.25, -0.2) is 0 Å². The molecule has 2 saturated heterocycles. The third kappa shape index (κ3) is 5.55. The maximum absolute atomic E-state index is 12.5. The normalized spacial score (nSPS) is 25.9. The van der Waals surface area contributed by atoms with Gasteiger partial charge in [0, 0.05) is 43.3 Å². The molecular formula is C25H39N3O2. The second-order valence-corrected chi connectivity index (χ2v) is 9.42. The van der Waals surface area contributed by atoms with Crippen molar-refractivity contribution in [2.45, 2.75) is 89.3 Å². The molecule has 0 spiro atoms. The highest BCUT2D eigenvalue weighted by molar-refractivity contribution is 5.96. The zero-order chi connectivity index (χ0) is 20.8. The molecular weight excluding hydrogens is 374 g/mol. The number of amides is 1. The van der Waals surface area contributed by atoms with Crippen molar-refractivity contribution in [2.24, 2.45) is 0 Å². The van der Waals surface area contributed by atoms with Crippen LogP contribution in [0, 0.1) is 0 Å². The van der Waals surface area contributed by atoms with Gasteiger partial charge in [0.2, 0.25) is 5.91 Å². The minimum absolute atomic E-state index is 0.249. The molecule has 0 bridgehead atoms. The summed E-state index contributed by atoms with van der Waals surface area (Å²) in [5.74, 6) is 1.15. The lowest BCUT2D eigenvalue weighted by Crippen LogP contribution is -2.43. The molecule has 1 saturated carbocycles. The van der Waals surface area contributed by atoms with Crippen LogP contribution in [0.5, 0.6) is 5.75 Å². The number of nitrogens with one attached hydrogen (secondary N) is 1. The first kappa shape index (κ1) is 21.6.